The molecule has 2 atom stereocenters. The summed E-state index contributed by atoms with van der Waals surface area (Å²) in [5.74, 6) is 0.651. The highest BCUT2D eigenvalue weighted by atomic mass is 16.2. The van der Waals surface area contributed by atoms with Crippen molar-refractivity contribution in [1.82, 2.24) is 25.3 Å². The highest BCUT2D eigenvalue weighted by Crippen LogP contribution is 2.28. The number of piperidine rings is 2. The summed E-state index contributed by atoms with van der Waals surface area (Å²) in [6.07, 6.45) is 5.63. The molecule has 5 rings (SSSR count). The quantitative estimate of drug-likeness (QED) is 0.403. The molecule has 3 amide bonds. The minimum Gasteiger partial charge on any atom is -0.344 e. The van der Waals surface area contributed by atoms with Crippen molar-refractivity contribution < 1.29 is 14.4 Å². The Kier molecular flexibility index (Phi) is 11.5. The Morgan fingerprint density at radius 3 is 2.22 bits per heavy atom. The van der Waals surface area contributed by atoms with Gasteiger partial charge in [-0.05, 0) is 80.7 Å². The number of carbonyl (C=O) groups is 3. The fourth-order valence-corrected chi connectivity index (χ4v) is 7.88. The largest absolute Gasteiger partial charge is 0.344 e. The van der Waals surface area contributed by atoms with E-state index in [1.54, 1.807) is 6.92 Å². The number of nitrogens with zero attached hydrogens (tertiary/aromatic N) is 3. The summed E-state index contributed by atoms with van der Waals surface area (Å²) in [5, 5.41) is 6.72. The zero-order valence-corrected chi connectivity index (χ0v) is 28.7. The van der Waals surface area contributed by atoms with E-state index in [2.05, 4.69) is 79.6 Å². The van der Waals surface area contributed by atoms with Crippen LogP contribution < -0.4 is 10.6 Å². The molecule has 8 heteroatoms. The number of nitrogens with one attached hydrogen (secondary N) is 2. The number of hydrogen-bond donors (Lipinski definition) is 2. The smallest absolute Gasteiger partial charge is 0.245 e. The Hall–Kier alpha value is -3.23. The lowest BCUT2D eigenvalue weighted by Gasteiger charge is -2.46. The van der Waals surface area contributed by atoms with Gasteiger partial charge in [0.05, 0.1) is 0 Å². The Morgan fingerprint density at radius 1 is 0.935 bits per heavy atom. The molecule has 2 fully saturated rings. The molecule has 46 heavy (non-hydrogen) atoms. The molecule has 0 spiro atoms. The zero-order valence-electron chi connectivity index (χ0n) is 28.7. The maximum atomic E-state index is 14.2. The number of hydrogen-bond acceptors (Lipinski definition) is 5. The fraction of sp³-hybridized carbons (Fsp3) is 0.605. The summed E-state index contributed by atoms with van der Waals surface area (Å²) in [4.78, 5) is 46.4. The van der Waals surface area contributed by atoms with Crippen LogP contribution in [-0.2, 0) is 27.2 Å². The third-order valence-electron chi connectivity index (χ3n) is 10.4. The van der Waals surface area contributed by atoms with Gasteiger partial charge in [-0.25, -0.2) is 0 Å². The Balaban J connectivity index is 1.26. The van der Waals surface area contributed by atoms with Crippen molar-refractivity contribution in [2.24, 2.45) is 5.92 Å². The number of fused-ring (bicyclic) bond motifs is 1. The summed E-state index contributed by atoms with van der Waals surface area (Å²) in [7, 11) is 0. The maximum absolute atomic E-state index is 14.2. The summed E-state index contributed by atoms with van der Waals surface area (Å²) in [5.41, 5.74) is 5.91. The Bertz CT molecular complexity index is 1360. The van der Waals surface area contributed by atoms with Gasteiger partial charge >= 0.3 is 0 Å². The molecule has 0 radical (unpaired) electrons. The van der Waals surface area contributed by atoms with Crippen molar-refractivity contribution in [3.05, 3.63) is 70.3 Å². The number of amides is 3. The molecule has 0 aromatic heterocycles. The molecule has 2 saturated heterocycles. The Labute approximate surface area is 276 Å². The minimum absolute atomic E-state index is 0.0222. The van der Waals surface area contributed by atoms with Crippen LogP contribution in [0.25, 0.3) is 0 Å². The topological polar surface area (TPSA) is 85.0 Å². The second-order valence-corrected chi connectivity index (χ2v) is 14.3. The SMILES string of the molecule is CC(=O)N1CCC(N(CC(C)C)C2CCN(C(=O)[C@@H](Cc3ccc(C)cc3C)NC(=O)C[C@H]3NCCc4ccccc43)CC2)CC1. The van der Waals surface area contributed by atoms with Gasteiger partial charge in [-0.2, -0.15) is 0 Å². The standard InChI is InChI=1S/C38H55N5O3/c1-26(2)25-43(32-13-18-41(19-14-32)29(5)44)33-15-20-42(21-16-33)38(46)36(23-31-11-10-27(3)22-28(31)4)40-37(45)24-35-34-9-7-6-8-30(34)12-17-39-35/h6-11,22,26,32-33,35-36,39H,12-21,23-25H2,1-5H3,(H,40,45)/t35-,36-/m1/s1. The molecular formula is C38H55N5O3. The van der Waals surface area contributed by atoms with E-state index in [1.807, 2.05) is 15.9 Å². The van der Waals surface area contributed by atoms with Crippen molar-refractivity contribution in [3.8, 4) is 0 Å². The van der Waals surface area contributed by atoms with E-state index in [0.717, 1.165) is 69.4 Å². The first kappa shape index (κ1) is 34.1. The monoisotopic (exact) mass is 629 g/mol. The van der Waals surface area contributed by atoms with Crippen LogP contribution in [0.15, 0.2) is 42.5 Å². The molecule has 2 aromatic carbocycles. The van der Waals surface area contributed by atoms with E-state index in [0.29, 0.717) is 43.9 Å². The van der Waals surface area contributed by atoms with E-state index < -0.39 is 6.04 Å². The third kappa shape index (κ3) is 8.56. The van der Waals surface area contributed by atoms with E-state index in [9.17, 15) is 14.4 Å². The molecule has 0 bridgehead atoms. The van der Waals surface area contributed by atoms with Gasteiger partial charge in [-0.15, -0.1) is 0 Å². The van der Waals surface area contributed by atoms with Crippen LogP contribution in [0.1, 0.15) is 86.7 Å². The van der Waals surface area contributed by atoms with Crippen LogP contribution in [0.2, 0.25) is 0 Å². The molecule has 3 aliphatic heterocycles. The van der Waals surface area contributed by atoms with Crippen molar-refractivity contribution >= 4 is 17.7 Å². The summed E-state index contributed by atoms with van der Waals surface area (Å²) in [6, 6.07) is 14.9. The summed E-state index contributed by atoms with van der Waals surface area (Å²) < 4.78 is 0. The highest BCUT2D eigenvalue weighted by molar-refractivity contribution is 5.88. The molecule has 8 nitrogen and oxygen atoms in total. The first-order valence-electron chi connectivity index (χ1n) is 17.6. The zero-order chi connectivity index (χ0) is 32.8. The molecular weight excluding hydrogens is 574 g/mol. The lowest BCUT2D eigenvalue weighted by atomic mass is 9.92. The molecule has 0 saturated carbocycles. The lowest BCUT2D eigenvalue weighted by Crippen LogP contribution is -2.56. The predicted molar refractivity (Wildman–Crippen MR) is 183 cm³/mol. The fourth-order valence-electron chi connectivity index (χ4n) is 7.88. The average Bonchev–Trinajstić information content (AvgIpc) is 3.04. The van der Waals surface area contributed by atoms with Crippen LogP contribution >= 0.6 is 0 Å². The number of aryl methyl sites for hydroxylation is 2. The molecule has 2 N–H and O–H groups in total. The van der Waals surface area contributed by atoms with Gasteiger partial charge in [0.2, 0.25) is 17.7 Å². The molecule has 0 aliphatic carbocycles. The van der Waals surface area contributed by atoms with Crippen LogP contribution in [0.5, 0.6) is 0 Å². The van der Waals surface area contributed by atoms with Crippen LogP contribution in [0, 0.1) is 19.8 Å². The van der Waals surface area contributed by atoms with Gasteiger partial charge in [0.15, 0.2) is 0 Å². The lowest BCUT2D eigenvalue weighted by molar-refractivity contribution is -0.138. The van der Waals surface area contributed by atoms with E-state index in [1.165, 1.54) is 16.7 Å². The number of benzene rings is 2. The van der Waals surface area contributed by atoms with Crippen molar-refractivity contribution in [2.75, 3.05) is 39.3 Å². The van der Waals surface area contributed by atoms with Crippen LogP contribution in [0.4, 0.5) is 0 Å². The molecule has 3 heterocycles. The summed E-state index contributed by atoms with van der Waals surface area (Å²) in [6.45, 7) is 15.3. The van der Waals surface area contributed by atoms with E-state index >= 15 is 0 Å². The van der Waals surface area contributed by atoms with Gasteiger partial charge < -0.3 is 20.4 Å². The highest BCUT2D eigenvalue weighted by Gasteiger charge is 2.36. The second-order valence-electron chi connectivity index (χ2n) is 14.3. The van der Waals surface area contributed by atoms with E-state index in [-0.39, 0.29) is 23.8 Å². The molecule has 250 valence electrons. The van der Waals surface area contributed by atoms with Gasteiger partial charge in [0.1, 0.15) is 6.04 Å². The van der Waals surface area contributed by atoms with E-state index in [4.69, 9.17) is 0 Å². The second kappa shape index (κ2) is 15.6. The van der Waals surface area contributed by atoms with Gasteiger partial charge in [0, 0.05) is 70.6 Å². The minimum atomic E-state index is -0.605. The number of carbonyl (C=O) groups excluding carboxylic acids is 3. The van der Waals surface area contributed by atoms with Crippen molar-refractivity contribution in [1.29, 1.82) is 0 Å². The predicted octanol–water partition coefficient (Wildman–Crippen LogP) is 4.57. The maximum Gasteiger partial charge on any atom is 0.245 e. The number of likely N-dealkylation sites (tertiary alicyclic amines) is 2. The van der Waals surface area contributed by atoms with Crippen molar-refractivity contribution in [2.45, 2.75) is 104 Å². The third-order valence-corrected chi connectivity index (χ3v) is 10.4. The van der Waals surface area contributed by atoms with Gasteiger partial charge in [0.25, 0.3) is 0 Å². The molecule has 0 unspecified atom stereocenters. The van der Waals surface area contributed by atoms with Gasteiger partial charge in [-0.3, -0.25) is 19.3 Å². The molecule has 3 aliphatic rings. The average molecular weight is 630 g/mol. The van der Waals surface area contributed by atoms with Gasteiger partial charge in [-0.1, -0.05) is 61.9 Å². The van der Waals surface area contributed by atoms with Crippen LogP contribution in [0.3, 0.4) is 0 Å². The normalized spacial score (nSPS) is 20.1. The van der Waals surface area contributed by atoms with Crippen molar-refractivity contribution in [3.63, 3.8) is 0 Å². The summed E-state index contributed by atoms with van der Waals surface area (Å²) >= 11 is 0. The Morgan fingerprint density at radius 2 is 1.59 bits per heavy atom. The first-order chi connectivity index (χ1) is 22.1. The van der Waals surface area contributed by atoms with Crippen LogP contribution in [-0.4, -0.2) is 89.8 Å². The molecule has 2 aromatic rings. The first-order valence-corrected chi connectivity index (χ1v) is 17.6. The number of rotatable bonds is 10.